The first-order valence-electron chi connectivity index (χ1n) is 9.24. The van der Waals surface area contributed by atoms with E-state index in [9.17, 15) is 14.4 Å². The van der Waals surface area contributed by atoms with Crippen LogP contribution in [0.2, 0.25) is 0 Å². The lowest BCUT2D eigenvalue weighted by Gasteiger charge is -2.30. The van der Waals surface area contributed by atoms with Crippen LogP contribution in [0.3, 0.4) is 0 Å². The molecule has 0 aliphatic heterocycles. The summed E-state index contributed by atoms with van der Waals surface area (Å²) in [6, 6.07) is 7.83. The Morgan fingerprint density at radius 1 is 1.14 bits per heavy atom. The van der Waals surface area contributed by atoms with Crippen LogP contribution in [-0.4, -0.2) is 53.6 Å². The second-order valence-corrected chi connectivity index (χ2v) is 7.52. The number of carbonyl (C=O) groups is 3. The number of carbonyl (C=O) groups excluding carboxylic acids is 3. The number of benzene rings is 1. The summed E-state index contributed by atoms with van der Waals surface area (Å²) in [6.07, 6.45) is -0.643. The Morgan fingerprint density at radius 3 is 2.29 bits per heavy atom. The lowest BCUT2D eigenvalue weighted by Crippen LogP contribution is -2.50. The summed E-state index contributed by atoms with van der Waals surface area (Å²) in [5.41, 5.74) is 5.38. The van der Waals surface area contributed by atoms with Crippen LogP contribution in [0, 0.1) is 0 Å². The van der Waals surface area contributed by atoms with Crippen molar-refractivity contribution in [3.8, 4) is 0 Å². The van der Waals surface area contributed by atoms with Crippen LogP contribution in [-0.2, 0) is 25.7 Å². The fourth-order valence-electron chi connectivity index (χ4n) is 2.26. The van der Waals surface area contributed by atoms with Crippen molar-refractivity contribution in [1.29, 1.82) is 0 Å². The average molecular weight is 393 g/mol. The molecule has 156 valence electrons. The average Bonchev–Trinajstić information content (AvgIpc) is 2.62. The van der Waals surface area contributed by atoms with Crippen LogP contribution < -0.4 is 11.1 Å². The summed E-state index contributed by atoms with van der Waals surface area (Å²) in [5.74, 6) is -1.04. The van der Waals surface area contributed by atoms with Crippen LogP contribution >= 0.6 is 0 Å². The van der Waals surface area contributed by atoms with Gasteiger partial charge >= 0.3 is 12.1 Å². The zero-order chi connectivity index (χ0) is 21.3. The minimum Gasteiger partial charge on any atom is -0.458 e. The quantitative estimate of drug-likeness (QED) is 0.619. The third-order valence-electron chi connectivity index (χ3n) is 3.89. The summed E-state index contributed by atoms with van der Waals surface area (Å²) < 4.78 is 10.7. The lowest BCUT2D eigenvalue weighted by atomic mass is 10.2. The summed E-state index contributed by atoms with van der Waals surface area (Å²) in [7, 11) is 0. The molecule has 0 aromatic heterocycles. The van der Waals surface area contributed by atoms with Crippen LogP contribution in [0.1, 0.15) is 40.2 Å². The molecule has 1 rings (SSSR count). The molecule has 0 radical (unpaired) electrons. The molecule has 0 saturated heterocycles. The highest BCUT2D eigenvalue weighted by Crippen LogP contribution is 2.13. The molecular formula is C20H31N3O5. The number of ether oxygens (including phenoxy) is 2. The first-order valence-corrected chi connectivity index (χ1v) is 9.24. The molecule has 0 fully saturated rings. The molecule has 0 aliphatic carbocycles. The van der Waals surface area contributed by atoms with Crippen LogP contribution in [0.4, 0.5) is 4.79 Å². The van der Waals surface area contributed by atoms with Gasteiger partial charge in [0.25, 0.3) is 0 Å². The van der Waals surface area contributed by atoms with E-state index in [1.165, 1.54) is 4.90 Å². The highest BCUT2D eigenvalue weighted by atomic mass is 16.6. The van der Waals surface area contributed by atoms with Gasteiger partial charge in [-0.15, -0.1) is 0 Å². The third-order valence-corrected chi connectivity index (χ3v) is 3.89. The molecule has 2 amide bonds. The van der Waals surface area contributed by atoms with Gasteiger partial charge in [-0.25, -0.2) is 9.59 Å². The summed E-state index contributed by atoms with van der Waals surface area (Å²) in [6.45, 7) is 8.96. The fourth-order valence-corrected chi connectivity index (χ4v) is 2.26. The van der Waals surface area contributed by atoms with Gasteiger partial charge in [-0.2, -0.15) is 0 Å². The molecule has 0 heterocycles. The number of hydrogen-bond acceptors (Lipinski definition) is 6. The molecule has 28 heavy (non-hydrogen) atoms. The van der Waals surface area contributed by atoms with Gasteiger partial charge in [0.15, 0.2) is 0 Å². The molecule has 0 saturated carbocycles. The van der Waals surface area contributed by atoms with Gasteiger partial charge in [0.2, 0.25) is 5.91 Å². The Labute approximate surface area is 166 Å². The predicted octanol–water partition coefficient (Wildman–Crippen LogP) is 1.82. The summed E-state index contributed by atoms with van der Waals surface area (Å²) in [4.78, 5) is 37.5. The number of primary amides is 1. The van der Waals surface area contributed by atoms with E-state index >= 15 is 0 Å². The summed E-state index contributed by atoms with van der Waals surface area (Å²) in [5, 5.41) is 2.91. The molecule has 1 aromatic carbocycles. The molecular weight excluding hydrogens is 362 g/mol. The van der Waals surface area contributed by atoms with Gasteiger partial charge in [-0.05, 0) is 40.2 Å². The molecule has 1 aromatic rings. The molecule has 8 nitrogen and oxygen atoms in total. The maximum Gasteiger partial charge on any atom is 0.410 e. The van der Waals surface area contributed by atoms with Gasteiger partial charge < -0.3 is 20.5 Å². The van der Waals surface area contributed by atoms with E-state index in [1.807, 2.05) is 30.3 Å². The molecule has 0 bridgehead atoms. The van der Waals surface area contributed by atoms with Crippen molar-refractivity contribution in [2.45, 2.75) is 58.9 Å². The van der Waals surface area contributed by atoms with E-state index < -0.39 is 35.7 Å². The molecule has 0 unspecified atom stereocenters. The SMILES string of the molecule is C[C@@H](NCCN(C(=O)OCc1ccccc1)[C@@H](C)C(=O)OC(C)(C)C)C(N)=O. The number of nitrogens with two attached hydrogens (primary N) is 1. The van der Waals surface area contributed by atoms with Crippen molar-refractivity contribution in [3.05, 3.63) is 35.9 Å². The van der Waals surface area contributed by atoms with E-state index in [4.69, 9.17) is 15.2 Å². The molecule has 3 N–H and O–H groups in total. The lowest BCUT2D eigenvalue weighted by molar-refractivity contribution is -0.160. The Hall–Kier alpha value is -2.61. The Balaban J connectivity index is 2.78. The molecule has 0 aliphatic rings. The van der Waals surface area contributed by atoms with Crippen molar-refractivity contribution < 1.29 is 23.9 Å². The van der Waals surface area contributed by atoms with Gasteiger partial charge in [0.1, 0.15) is 18.2 Å². The molecule has 0 spiro atoms. The predicted molar refractivity (Wildman–Crippen MR) is 105 cm³/mol. The largest absolute Gasteiger partial charge is 0.458 e. The van der Waals surface area contributed by atoms with E-state index in [2.05, 4.69) is 5.32 Å². The number of rotatable bonds is 9. The molecule has 2 atom stereocenters. The van der Waals surface area contributed by atoms with Gasteiger partial charge in [-0.3, -0.25) is 9.69 Å². The van der Waals surface area contributed by atoms with Gasteiger partial charge in [-0.1, -0.05) is 30.3 Å². The van der Waals surface area contributed by atoms with Crippen LogP contribution in [0.15, 0.2) is 30.3 Å². The fraction of sp³-hybridized carbons (Fsp3) is 0.550. The third kappa shape index (κ3) is 8.39. The zero-order valence-corrected chi connectivity index (χ0v) is 17.2. The number of amides is 2. The van der Waals surface area contributed by atoms with E-state index in [0.29, 0.717) is 0 Å². The normalized spacial score (nSPS) is 13.3. The Morgan fingerprint density at radius 2 is 1.75 bits per heavy atom. The van der Waals surface area contributed by atoms with Gasteiger partial charge in [0.05, 0.1) is 6.04 Å². The van der Waals surface area contributed by atoms with Crippen molar-refractivity contribution >= 4 is 18.0 Å². The van der Waals surface area contributed by atoms with E-state index in [1.54, 1.807) is 34.6 Å². The van der Waals surface area contributed by atoms with Crippen LogP contribution in [0.25, 0.3) is 0 Å². The maximum atomic E-state index is 12.6. The Bertz CT molecular complexity index is 658. The maximum absolute atomic E-state index is 12.6. The first-order chi connectivity index (χ1) is 13.0. The minimum absolute atomic E-state index is 0.0856. The standard InChI is InChI=1S/C20H31N3O5/c1-14(17(21)24)22-11-12-23(15(2)18(25)28-20(3,4)5)19(26)27-13-16-9-7-6-8-10-16/h6-10,14-15,22H,11-13H2,1-5H3,(H2,21,24)/t14-,15+/m1/s1. The topological polar surface area (TPSA) is 111 Å². The summed E-state index contributed by atoms with van der Waals surface area (Å²) >= 11 is 0. The Kier molecular flexibility index (Phi) is 8.91. The van der Waals surface area contributed by atoms with Gasteiger partial charge in [0, 0.05) is 13.1 Å². The highest BCUT2D eigenvalue weighted by molar-refractivity contribution is 5.81. The smallest absolute Gasteiger partial charge is 0.410 e. The van der Waals surface area contributed by atoms with Crippen molar-refractivity contribution in [1.82, 2.24) is 10.2 Å². The second kappa shape index (κ2) is 10.7. The van der Waals surface area contributed by atoms with Crippen molar-refractivity contribution in [2.75, 3.05) is 13.1 Å². The van der Waals surface area contributed by atoms with E-state index in [-0.39, 0.29) is 19.7 Å². The minimum atomic E-state index is -0.854. The zero-order valence-electron chi connectivity index (χ0n) is 17.2. The van der Waals surface area contributed by atoms with Crippen molar-refractivity contribution in [2.24, 2.45) is 5.73 Å². The number of hydrogen-bond donors (Lipinski definition) is 2. The highest BCUT2D eigenvalue weighted by Gasteiger charge is 2.30. The van der Waals surface area contributed by atoms with E-state index in [0.717, 1.165) is 5.56 Å². The number of esters is 1. The van der Waals surface area contributed by atoms with Crippen molar-refractivity contribution in [3.63, 3.8) is 0 Å². The molecule has 8 heteroatoms. The monoisotopic (exact) mass is 393 g/mol. The first kappa shape index (κ1) is 23.4. The number of nitrogens with one attached hydrogen (secondary N) is 1. The van der Waals surface area contributed by atoms with Crippen LogP contribution in [0.5, 0.6) is 0 Å². The second-order valence-electron chi connectivity index (χ2n) is 7.52. The number of nitrogens with zero attached hydrogens (tertiary/aromatic N) is 1.